The van der Waals surface area contributed by atoms with E-state index in [1.54, 1.807) is 6.07 Å². The highest BCUT2D eigenvalue weighted by Gasteiger charge is 2.51. The topological polar surface area (TPSA) is 62.5 Å². The van der Waals surface area contributed by atoms with E-state index >= 15 is 0 Å². The van der Waals surface area contributed by atoms with E-state index in [0.717, 1.165) is 34.4 Å². The van der Waals surface area contributed by atoms with Crippen LogP contribution >= 0.6 is 0 Å². The minimum absolute atomic E-state index is 0.379. The Morgan fingerprint density at radius 1 is 0.611 bits per heavy atom. The molecule has 0 N–H and O–H groups in total. The summed E-state index contributed by atoms with van der Waals surface area (Å²) < 4.78 is 0. The number of hydrogen-bond donors (Lipinski definition) is 0. The second-order valence-electron chi connectivity index (χ2n) is 11.1. The number of nitriles is 1. The Kier molecular flexibility index (Phi) is 4.99. The van der Waals surface area contributed by atoms with E-state index in [0.29, 0.717) is 28.5 Å². The molecule has 3 aromatic carbocycles. The van der Waals surface area contributed by atoms with Gasteiger partial charge in [-0.25, -0.2) is 15.0 Å². The van der Waals surface area contributed by atoms with Crippen molar-refractivity contribution in [3.63, 3.8) is 0 Å². The average Bonchev–Trinajstić information content (AvgIpc) is 2.93. The first-order valence-electron chi connectivity index (χ1n) is 13.1. The van der Waals surface area contributed by atoms with Crippen LogP contribution in [0.25, 0.3) is 34.2 Å². The van der Waals surface area contributed by atoms with Crippen LogP contribution in [-0.4, -0.2) is 15.0 Å². The highest BCUT2D eigenvalue weighted by atomic mass is 15.0. The molecule has 4 bridgehead atoms. The van der Waals surface area contributed by atoms with Crippen LogP contribution < -0.4 is 0 Å². The number of hydrogen-bond acceptors (Lipinski definition) is 4. The van der Waals surface area contributed by atoms with Gasteiger partial charge in [0.2, 0.25) is 0 Å². The molecule has 0 atom stereocenters. The van der Waals surface area contributed by atoms with Crippen LogP contribution in [-0.2, 0) is 5.41 Å². The van der Waals surface area contributed by atoms with Crippen molar-refractivity contribution in [3.8, 4) is 40.2 Å². The summed E-state index contributed by atoms with van der Waals surface area (Å²) in [5, 5.41) is 9.39. The van der Waals surface area contributed by atoms with Crippen LogP contribution in [0.4, 0.5) is 0 Å². The summed E-state index contributed by atoms with van der Waals surface area (Å²) in [4.78, 5) is 14.5. The summed E-state index contributed by atoms with van der Waals surface area (Å²) in [6, 6.07) is 28.8. The van der Waals surface area contributed by atoms with Gasteiger partial charge in [0.05, 0.1) is 11.6 Å². The third-order valence-electron chi connectivity index (χ3n) is 8.71. The van der Waals surface area contributed by atoms with E-state index in [1.165, 1.54) is 44.1 Å². The number of nitrogens with zero attached hydrogens (tertiary/aromatic N) is 4. The van der Waals surface area contributed by atoms with Crippen LogP contribution in [0.5, 0.6) is 0 Å². The predicted octanol–water partition coefficient (Wildman–Crippen LogP) is 7.21. The number of benzene rings is 3. The number of rotatable bonds is 4. The maximum Gasteiger partial charge on any atom is 0.164 e. The zero-order chi connectivity index (χ0) is 24.1. The Hall–Kier alpha value is -3.84. The molecular weight excluding hydrogens is 440 g/mol. The van der Waals surface area contributed by atoms with Gasteiger partial charge in [0.15, 0.2) is 17.5 Å². The maximum atomic E-state index is 9.39. The molecule has 1 aromatic heterocycles. The SMILES string of the molecule is N#Cc1cccc(-c2nc(-c3ccccc3)nc(-c3ccc(C45CC6CC(CC(C6)C4)C5)cc3)n2)c1. The molecule has 0 amide bonds. The van der Waals surface area contributed by atoms with Gasteiger partial charge in [0, 0.05) is 16.7 Å². The van der Waals surface area contributed by atoms with Crippen molar-refractivity contribution >= 4 is 0 Å². The van der Waals surface area contributed by atoms with Crippen molar-refractivity contribution in [1.29, 1.82) is 5.26 Å². The standard InChI is InChI=1S/C32H28N4/c33-20-21-5-4-8-27(16-21)31-35-29(25-6-2-1-3-7-25)34-30(36-31)26-9-11-28(12-10-26)32-17-22-13-23(18-32)15-24(14-22)19-32/h1-12,16,22-24H,13-15,17-19H2. The fourth-order valence-electron chi connectivity index (χ4n) is 7.52. The van der Waals surface area contributed by atoms with E-state index in [4.69, 9.17) is 15.0 Å². The molecule has 4 nitrogen and oxygen atoms in total. The first kappa shape index (κ1) is 21.4. The summed E-state index contributed by atoms with van der Waals surface area (Å²) in [5.74, 6) is 4.68. The third-order valence-corrected chi connectivity index (χ3v) is 8.71. The van der Waals surface area contributed by atoms with Crippen molar-refractivity contribution < 1.29 is 0 Å². The van der Waals surface area contributed by atoms with Gasteiger partial charge < -0.3 is 0 Å². The van der Waals surface area contributed by atoms with Crippen molar-refractivity contribution in [1.82, 2.24) is 15.0 Å². The van der Waals surface area contributed by atoms with Crippen molar-refractivity contribution in [3.05, 3.63) is 90.0 Å². The van der Waals surface area contributed by atoms with E-state index in [-0.39, 0.29) is 0 Å². The van der Waals surface area contributed by atoms with Crippen molar-refractivity contribution in [2.24, 2.45) is 17.8 Å². The normalized spacial score (nSPS) is 26.0. The van der Waals surface area contributed by atoms with Crippen LogP contribution in [0.2, 0.25) is 0 Å². The molecular formula is C32H28N4. The lowest BCUT2D eigenvalue weighted by Gasteiger charge is -2.57. The molecule has 4 heteroatoms. The first-order valence-corrected chi connectivity index (χ1v) is 13.1. The molecule has 0 radical (unpaired) electrons. The van der Waals surface area contributed by atoms with E-state index in [2.05, 4.69) is 30.3 Å². The molecule has 176 valence electrons. The Bertz CT molecular complexity index is 1430. The zero-order valence-corrected chi connectivity index (χ0v) is 20.3. The average molecular weight is 469 g/mol. The quantitative estimate of drug-likeness (QED) is 0.317. The molecule has 36 heavy (non-hydrogen) atoms. The second-order valence-corrected chi connectivity index (χ2v) is 11.1. The Balaban J connectivity index is 1.29. The first-order chi connectivity index (χ1) is 17.7. The summed E-state index contributed by atoms with van der Waals surface area (Å²) in [7, 11) is 0. The van der Waals surface area contributed by atoms with Gasteiger partial charge in [0.1, 0.15) is 0 Å². The monoisotopic (exact) mass is 468 g/mol. The molecule has 8 rings (SSSR count). The summed E-state index contributed by atoms with van der Waals surface area (Å²) in [5.41, 5.74) is 5.25. The minimum Gasteiger partial charge on any atom is -0.208 e. The highest BCUT2D eigenvalue weighted by Crippen LogP contribution is 2.60. The fraction of sp³-hybridized carbons (Fsp3) is 0.312. The smallest absolute Gasteiger partial charge is 0.164 e. The Labute approximate surface area is 212 Å². The molecule has 1 heterocycles. The second kappa shape index (κ2) is 8.38. The van der Waals surface area contributed by atoms with Gasteiger partial charge in [-0.05, 0) is 79.4 Å². The van der Waals surface area contributed by atoms with Crippen molar-refractivity contribution in [2.75, 3.05) is 0 Å². The summed E-state index contributed by atoms with van der Waals surface area (Å²) >= 11 is 0. The van der Waals surface area contributed by atoms with Gasteiger partial charge >= 0.3 is 0 Å². The van der Waals surface area contributed by atoms with Gasteiger partial charge in [-0.15, -0.1) is 0 Å². The van der Waals surface area contributed by atoms with Crippen LogP contribution in [0.1, 0.15) is 49.7 Å². The molecule has 4 saturated carbocycles. The Morgan fingerprint density at radius 2 is 1.14 bits per heavy atom. The van der Waals surface area contributed by atoms with Gasteiger partial charge in [-0.3, -0.25) is 0 Å². The van der Waals surface area contributed by atoms with Gasteiger partial charge in [0.25, 0.3) is 0 Å². The van der Waals surface area contributed by atoms with Gasteiger partial charge in [-0.1, -0.05) is 66.7 Å². The van der Waals surface area contributed by atoms with Crippen LogP contribution in [0.15, 0.2) is 78.9 Å². The van der Waals surface area contributed by atoms with E-state index in [1.807, 2.05) is 48.5 Å². The number of aromatic nitrogens is 3. The highest BCUT2D eigenvalue weighted by molar-refractivity contribution is 5.67. The lowest BCUT2D eigenvalue weighted by Crippen LogP contribution is -2.48. The van der Waals surface area contributed by atoms with Crippen LogP contribution in [0, 0.1) is 29.1 Å². The predicted molar refractivity (Wildman–Crippen MR) is 141 cm³/mol. The zero-order valence-electron chi connectivity index (χ0n) is 20.3. The molecule has 4 aliphatic carbocycles. The van der Waals surface area contributed by atoms with Crippen LogP contribution in [0.3, 0.4) is 0 Å². The fourth-order valence-corrected chi connectivity index (χ4v) is 7.52. The molecule has 4 fully saturated rings. The van der Waals surface area contributed by atoms with Crippen molar-refractivity contribution in [2.45, 2.75) is 43.9 Å². The molecule has 4 aliphatic rings. The summed E-state index contributed by atoms with van der Waals surface area (Å²) in [6.07, 6.45) is 8.46. The molecule has 0 aliphatic heterocycles. The largest absolute Gasteiger partial charge is 0.208 e. The Morgan fingerprint density at radius 3 is 1.72 bits per heavy atom. The third kappa shape index (κ3) is 3.71. The summed E-state index contributed by atoms with van der Waals surface area (Å²) in [6.45, 7) is 0. The maximum absolute atomic E-state index is 9.39. The molecule has 0 spiro atoms. The molecule has 4 aromatic rings. The van der Waals surface area contributed by atoms with E-state index < -0.39 is 0 Å². The van der Waals surface area contributed by atoms with E-state index in [9.17, 15) is 5.26 Å². The lowest BCUT2D eigenvalue weighted by atomic mass is 9.48. The van der Waals surface area contributed by atoms with Gasteiger partial charge in [-0.2, -0.15) is 5.26 Å². The molecule has 0 unspecified atom stereocenters. The lowest BCUT2D eigenvalue weighted by molar-refractivity contribution is -0.00518. The minimum atomic E-state index is 0.379. The molecule has 0 saturated heterocycles.